The van der Waals surface area contributed by atoms with Gasteiger partial charge in [0.2, 0.25) is 0 Å². The Kier molecular flexibility index (Phi) is 3.29. The van der Waals surface area contributed by atoms with E-state index in [4.69, 9.17) is 0 Å². The second kappa shape index (κ2) is 4.51. The molecule has 1 heterocycles. The molecule has 3 nitrogen and oxygen atoms in total. The number of rotatable bonds is 2. The third-order valence-corrected chi connectivity index (χ3v) is 3.98. The molecule has 0 radical (unpaired) electrons. The average Bonchev–Trinajstić information content (AvgIpc) is 2.28. The van der Waals surface area contributed by atoms with Crippen LogP contribution in [0.4, 0.5) is 10.1 Å². The molecular weight excluding hydrogens is 245 g/mol. The molecular formula is C15H20FNO2. The average molecular weight is 265 g/mol. The lowest BCUT2D eigenvalue weighted by Gasteiger charge is -2.49. The van der Waals surface area contributed by atoms with Gasteiger partial charge in [-0.15, -0.1) is 0 Å². The van der Waals surface area contributed by atoms with Crippen molar-refractivity contribution in [3.63, 3.8) is 0 Å². The fourth-order valence-electron chi connectivity index (χ4n) is 3.27. The number of carbonyl (C=O) groups is 1. The Hall–Kier alpha value is -1.58. The number of halogens is 1. The first-order valence-corrected chi connectivity index (χ1v) is 6.55. The van der Waals surface area contributed by atoms with E-state index in [1.54, 1.807) is 13.0 Å². The molecule has 0 fully saturated rings. The number of hydrogen-bond acceptors (Lipinski definition) is 2. The van der Waals surface area contributed by atoms with Crippen molar-refractivity contribution < 1.29 is 14.3 Å². The van der Waals surface area contributed by atoms with Crippen LogP contribution in [0.3, 0.4) is 0 Å². The lowest BCUT2D eigenvalue weighted by atomic mass is 9.79. The summed E-state index contributed by atoms with van der Waals surface area (Å²) in [4.78, 5) is 13.2. The summed E-state index contributed by atoms with van der Waals surface area (Å²) in [5, 5.41) is 9.30. The first kappa shape index (κ1) is 13.8. The minimum atomic E-state index is -0.863. The fourth-order valence-corrected chi connectivity index (χ4v) is 3.27. The van der Waals surface area contributed by atoms with E-state index in [-0.39, 0.29) is 17.3 Å². The Balaban J connectivity index is 2.58. The summed E-state index contributed by atoms with van der Waals surface area (Å²) in [6, 6.07) is 3.99. The highest BCUT2D eigenvalue weighted by atomic mass is 19.1. The van der Waals surface area contributed by atoms with E-state index in [2.05, 4.69) is 6.92 Å². The predicted molar refractivity (Wildman–Crippen MR) is 73.1 cm³/mol. The van der Waals surface area contributed by atoms with Gasteiger partial charge < -0.3 is 10.0 Å². The SMILES string of the molecule is C[C@H]1CC(C)(C)N([C@@H](C)C(=O)O)c2ccc(F)cc21. The zero-order valence-corrected chi connectivity index (χ0v) is 11.8. The van der Waals surface area contributed by atoms with Crippen LogP contribution in [0.1, 0.15) is 45.6 Å². The number of carboxylic acid groups (broad SMARTS) is 1. The summed E-state index contributed by atoms with van der Waals surface area (Å²) in [5.41, 5.74) is 1.47. The Morgan fingerprint density at radius 2 is 2.16 bits per heavy atom. The van der Waals surface area contributed by atoms with Gasteiger partial charge in [0.1, 0.15) is 11.9 Å². The topological polar surface area (TPSA) is 40.5 Å². The zero-order valence-electron chi connectivity index (χ0n) is 11.8. The van der Waals surface area contributed by atoms with Gasteiger partial charge >= 0.3 is 5.97 Å². The number of aliphatic carboxylic acids is 1. The monoisotopic (exact) mass is 265 g/mol. The molecule has 2 atom stereocenters. The lowest BCUT2D eigenvalue weighted by molar-refractivity contribution is -0.138. The molecule has 1 N–H and O–H groups in total. The van der Waals surface area contributed by atoms with Crippen molar-refractivity contribution in [3.8, 4) is 0 Å². The molecule has 0 unspecified atom stereocenters. The summed E-state index contributed by atoms with van der Waals surface area (Å²) < 4.78 is 13.4. The number of anilines is 1. The summed E-state index contributed by atoms with van der Waals surface area (Å²) in [6.07, 6.45) is 0.807. The van der Waals surface area contributed by atoms with Gasteiger partial charge in [0.15, 0.2) is 0 Å². The molecule has 2 rings (SSSR count). The van der Waals surface area contributed by atoms with Crippen LogP contribution >= 0.6 is 0 Å². The Morgan fingerprint density at radius 3 is 2.74 bits per heavy atom. The van der Waals surface area contributed by atoms with E-state index in [9.17, 15) is 14.3 Å². The van der Waals surface area contributed by atoms with E-state index in [0.717, 1.165) is 17.7 Å². The van der Waals surface area contributed by atoms with Crippen LogP contribution in [0.5, 0.6) is 0 Å². The van der Waals surface area contributed by atoms with E-state index >= 15 is 0 Å². The highest BCUT2D eigenvalue weighted by Crippen LogP contribution is 2.44. The molecule has 0 aromatic heterocycles. The van der Waals surface area contributed by atoms with Gasteiger partial charge in [0.05, 0.1) is 0 Å². The normalized spacial score (nSPS) is 22.8. The standard InChI is InChI=1S/C15H20FNO2/c1-9-8-15(3,4)17(10(2)14(18)19)13-6-5-11(16)7-12(9)13/h5-7,9-10H,8H2,1-4H3,(H,18,19)/t9-,10-/m0/s1. The van der Waals surface area contributed by atoms with Crippen molar-refractivity contribution in [2.45, 2.75) is 51.6 Å². The predicted octanol–water partition coefficient (Wildman–Crippen LogP) is 3.39. The second-order valence-corrected chi connectivity index (χ2v) is 6.00. The fraction of sp³-hybridized carbons (Fsp3) is 0.533. The minimum absolute atomic E-state index is 0.220. The lowest BCUT2D eigenvalue weighted by Crippen LogP contribution is -2.55. The third kappa shape index (κ3) is 2.31. The molecule has 104 valence electrons. The van der Waals surface area contributed by atoms with Gasteiger partial charge in [-0.25, -0.2) is 9.18 Å². The van der Waals surface area contributed by atoms with E-state index < -0.39 is 12.0 Å². The van der Waals surface area contributed by atoms with Gasteiger partial charge in [0, 0.05) is 11.2 Å². The van der Waals surface area contributed by atoms with Crippen LogP contribution in [0.15, 0.2) is 18.2 Å². The summed E-state index contributed by atoms with van der Waals surface area (Å²) >= 11 is 0. The number of nitrogens with zero attached hydrogens (tertiary/aromatic N) is 1. The van der Waals surface area contributed by atoms with Crippen LogP contribution in [0.2, 0.25) is 0 Å². The Labute approximate surface area is 113 Å². The number of carboxylic acids is 1. The molecule has 0 saturated carbocycles. The van der Waals surface area contributed by atoms with Gasteiger partial charge in [-0.05, 0) is 56.9 Å². The second-order valence-electron chi connectivity index (χ2n) is 6.00. The highest BCUT2D eigenvalue weighted by molar-refractivity contribution is 5.79. The van der Waals surface area contributed by atoms with Crippen molar-refractivity contribution >= 4 is 11.7 Å². The number of hydrogen-bond donors (Lipinski definition) is 1. The molecule has 0 bridgehead atoms. The van der Waals surface area contributed by atoms with Crippen molar-refractivity contribution in [1.82, 2.24) is 0 Å². The van der Waals surface area contributed by atoms with Gasteiger partial charge in [-0.1, -0.05) is 6.92 Å². The van der Waals surface area contributed by atoms with E-state index in [1.807, 2.05) is 18.7 Å². The van der Waals surface area contributed by atoms with Crippen molar-refractivity contribution in [2.24, 2.45) is 0 Å². The first-order valence-electron chi connectivity index (χ1n) is 6.55. The largest absolute Gasteiger partial charge is 0.480 e. The Morgan fingerprint density at radius 1 is 1.53 bits per heavy atom. The summed E-state index contributed by atoms with van der Waals surface area (Å²) in [7, 11) is 0. The molecule has 1 aliphatic rings. The molecule has 0 saturated heterocycles. The van der Waals surface area contributed by atoms with E-state index in [0.29, 0.717) is 0 Å². The van der Waals surface area contributed by atoms with Crippen molar-refractivity contribution in [1.29, 1.82) is 0 Å². The van der Waals surface area contributed by atoms with Crippen molar-refractivity contribution in [2.75, 3.05) is 4.90 Å². The summed E-state index contributed by atoms with van der Waals surface area (Å²) in [5.74, 6) is -0.913. The quantitative estimate of drug-likeness (QED) is 0.891. The molecule has 1 aromatic carbocycles. The highest BCUT2D eigenvalue weighted by Gasteiger charge is 2.40. The third-order valence-electron chi connectivity index (χ3n) is 3.98. The number of benzene rings is 1. The molecule has 4 heteroatoms. The van der Waals surface area contributed by atoms with Crippen LogP contribution in [0, 0.1) is 5.82 Å². The van der Waals surface area contributed by atoms with Gasteiger partial charge in [0.25, 0.3) is 0 Å². The minimum Gasteiger partial charge on any atom is -0.480 e. The maximum Gasteiger partial charge on any atom is 0.326 e. The Bertz CT molecular complexity index is 513. The molecule has 0 spiro atoms. The molecule has 19 heavy (non-hydrogen) atoms. The van der Waals surface area contributed by atoms with Gasteiger partial charge in [-0.2, -0.15) is 0 Å². The number of fused-ring (bicyclic) bond motifs is 1. The van der Waals surface area contributed by atoms with Crippen molar-refractivity contribution in [3.05, 3.63) is 29.6 Å². The van der Waals surface area contributed by atoms with E-state index in [1.165, 1.54) is 12.1 Å². The maximum atomic E-state index is 13.4. The van der Waals surface area contributed by atoms with Crippen LogP contribution in [-0.2, 0) is 4.79 Å². The maximum absolute atomic E-state index is 13.4. The molecule has 1 aromatic rings. The smallest absolute Gasteiger partial charge is 0.326 e. The van der Waals surface area contributed by atoms with Crippen LogP contribution in [0.25, 0.3) is 0 Å². The molecule has 0 amide bonds. The van der Waals surface area contributed by atoms with Crippen LogP contribution in [-0.4, -0.2) is 22.7 Å². The van der Waals surface area contributed by atoms with Crippen LogP contribution < -0.4 is 4.90 Å². The first-order chi connectivity index (χ1) is 8.74. The zero-order chi connectivity index (χ0) is 14.4. The molecule has 1 aliphatic heterocycles. The summed E-state index contributed by atoms with van der Waals surface area (Å²) in [6.45, 7) is 7.81. The molecule has 0 aliphatic carbocycles. The van der Waals surface area contributed by atoms with Gasteiger partial charge in [-0.3, -0.25) is 0 Å².